The molecule has 0 saturated heterocycles. The van der Waals surface area contributed by atoms with Gasteiger partial charge in [0.25, 0.3) is 0 Å². The van der Waals surface area contributed by atoms with Crippen LogP contribution in [0.1, 0.15) is 18.9 Å². The number of nitrogens with one attached hydrogen (secondary N) is 1. The smallest absolute Gasteiger partial charge is 0.207 e. The van der Waals surface area contributed by atoms with Crippen LogP contribution in [0.2, 0.25) is 0 Å². The minimum Gasteiger partial charge on any atom is -0.347 e. The Hall–Kier alpha value is -1.64. The third-order valence-corrected chi connectivity index (χ3v) is 2.42. The van der Waals surface area contributed by atoms with Crippen molar-refractivity contribution in [1.82, 2.24) is 5.32 Å². The lowest BCUT2D eigenvalue weighted by Gasteiger charge is -2.21. The lowest BCUT2D eigenvalue weighted by molar-refractivity contribution is -0.118. The first-order valence-electron chi connectivity index (χ1n) is 4.92. The molecule has 0 radical (unpaired) electrons. The van der Waals surface area contributed by atoms with E-state index in [0.29, 0.717) is 12.8 Å². The van der Waals surface area contributed by atoms with Crippen LogP contribution in [-0.4, -0.2) is 18.2 Å². The summed E-state index contributed by atoms with van der Waals surface area (Å²) < 4.78 is 0. The molecule has 0 aliphatic heterocycles. The van der Waals surface area contributed by atoms with Gasteiger partial charge in [0.15, 0.2) is 0 Å². The number of carbonyl (C=O) groups is 2. The number of hydrogen-bond donors (Lipinski definition) is 1. The van der Waals surface area contributed by atoms with Crippen molar-refractivity contribution in [2.24, 2.45) is 0 Å². The first-order chi connectivity index (χ1) is 7.20. The summed E-state index contributed by atoms with van der Waals surface area (Å²) >= 11 is 0. The topological polar surface area (TPSA) is 46.2 Å². The van der Waals surface area contributed by atoms with Gasteiger partial charge in [-0.15, -0.1) is 0 Å². The van der Waals surface area contributed by atoms with Crippen molar-refractivity contribution < 1.29 is 9.59 Å². The Bertz CT molecular complexity index is 324. The summed E-state index contributed by atoms with van der Waals surface area (Å²) in [4.78, 5) is 21.1. The molecule has 0 aromatic heterocycles. The first kappa shape index (κ1) is 11.4. The summed E-state index contributed by atoms with van der Waals surface area (Å²) in [5.41, 5.74) is 0.413. The molecule has 3 nitrogen and oxygen atoms in total. The molecule has 80 valence electrons. The average Bonchev–Trinajstić information content (AvgIpc) is 2.28. The summed E-state index contributed by atoms with van der Waals surface area (Å²) in [5, 5.41) is 2.53. The van der Waals surface area contributed by atoms with Crippen LogP contribution in [0.25, 0.3) is 0 Å². The van der Waals surface area contributed by atoms with Gasteiger partial charge in [-0.2, -0.15) is 0 Å². The molecule has 0 heterocycles. The van der Waals surface area contributed by atoms with Gasteiger partial charge in [0.2, 0.25) is 6.41 Å². The van der Waals surface area contributed by atoms with Gasteiger partial charge in [0.05, 0.1) is 5.54 Å². The maximum absolute atomic E-state index is 10.8. The van der Waals surface area contributed by atoms with Crippen molar-refractivity contribution >= 4 is 12.7 Å². The molecule has 3 heteroatoms. The molecule has 1 atom stereocenters. The fourth-order valence-electron chi connectivity index (χ4n) is 1.35. The van der Waals surface area contributed by atoms with Crippen LogP contribution in [0, 0.1) is 0 Å². The van der Waals surface area contributed by atoms with Crippen LogP contribution in [0.3, 0.4) is 0 Å². The van der Waals surface area contributed by atoms with Crippen LogP contribution in [0.4, 0.5) is 0 Å². The van der Waals surface area contributed by atoms with E-state index in [1.807, 2.05) is 30.3 Å². The Morgan fingerprint density at radius 2 is 1.93 bits per heavy atom. The Morgan fingerprint density at radius 1 is 1.27 bits per heavy atom. The quantitative estimate of drug-likeness (QED) is 0.712. The second-order valence-electron chi connectivity index (χ2n) is 3.78. The summed E-state index contributed by atoms with van der Waals surface area (Å²) in [7, 11) is 0. The van der Waals surface area contributed by atoms with Crippen LogP contribution in [0.15, 0.2) is 30.3 Å². The van der Waals surface area contributed by atoms with Gasteiger partial charge in [-0.25, -0.2) is 0 Å². The van der Waals surface area contributed by atoms with E-state index < -0.39 is 5.54 Å². The van der Waals surface area contributed by atoms with Crippen LogP contribution in [-0.2, 0) is 16.0 Å². The van der Waals surface area contributed by atoms with E-state index in [1.165, 1.54) is 5.56 Å². The molecule has 0 spiro atoms. The fourth-order valence-corrected chi connectivity index (χ4v) is 1.35. The number of carbonyl (C=O) groups excluding carboxylic acids is 2. The van der Waals surface area contributed by atoms with Gasteiger partial charge in [0, 0.05) is 0 Å². The monoisotopic (exact) mass is 205 g/mol. The highest BCUT2D eigenvalue weighted by molar-refractivity contribution is 5.68. The Labute approximate surface area is 89.5 Å². The van der Waals surface area contributed by atoms with Crippen molar-refractivity contribution in [3.8, 4) is 0 Å². The number of benzene rings is 1. The highest BCUT2D eigenvalue weighted by Gasteiger charge is 2.21. The second-order valence-corrected chi connectivity index (χ2v) is 3.78. The van der Waals surface area contributed by atoms with E-state index in [-0.39, 0.29) is 0 Å². The molecular weight excluding hydrogens is 190 g/mol. The SMILES string of the molecule is C[C@@](C=O)(CCc1ccccc1)NC=O. The number of amides is 1. The van der Waals surface area contributed by atoms with Gasteiger partial charge in [0.1, 0.15) is 6.29 Å². The zero-order valence-electron chi connectivity index (χ0n) is 8.77. The normalized spacial score (nSPS) is 13.9. The van der Waals surface area contributed by atoms with Gasteiger partial charge in [-0.3, -0.25) is 4.79 Å². The van der Waals surface area contributed by atoms with Gasteiger partial charge in [-0.05, 0) is 25.3 Å². The third kappa shape index (κ3) is 3.54. The first-order valence-corrected chi connectivity index (χ1v) is 4.92. The van der Waals surface area contributed by atoms with Crippen LogP contribution in [0.5, 0.6) is 0 Å². The van der Waals surface area contributed by atoms with Crippen LogP contribution >= 0.6 is 0 Å². The van der Waals surface area contributed by atoms with E-state index in [1.54, 1.807) is 6.92 Å². The van der Waals surface area contributed by atoms with Crippen molar-refractivity contribution in [3.05, 3.63) is 35.9 Å². The van der Waals surface area contributed by atoms with E-state index in [4.69, 9.17) is 0 Å². The molecule has 0 fully saturated rings. The molecule has 0 aliphatic rings. The molecule has 1 rings (SSSR count). The minimum atomic E-state index is -0.752. The van der Waals surface area contributed by atoms with E-state index in [2.05, 4.69) is 5.32 Å². The van der Waals surface area contributed by atoms with Crippen LogP contribution < -0.4 is 5.32 Å². The lowest BCUT2D eigenvalue weighted by atomic mass is 9.95. The molecule has 0 saturated carbocycles. The van der Waals surface area contributed by atoms with Crippen molar-refractivity contribution in [2.45, 2.75) is 25.3 Å². The summed E-state index contributed by atoms with van der Waals surface area (Å²) in [6.45, 7) is 1.72. The Balaban J connectivity index is 2.55. The molecular formula is C12H15NO2. The van der Waals surface area contributed by atoms with Crippen molar-refractivity contribution in [3.63, 3.8) is 0 Å². The average molecular weight is 205 g/mol. The highest BCUT2D eigenvalue weighted by Crippen LogP contribution is 2.11. The predicted octanol–water partition coefficient (Wildman–Crippen LogP) is 1.32. The zero-order chi connectivity index (χ0) is 11.1. The third-order valence-electron chi connectivity index (χ3n) is 2.42. The highest BCUT2D eigenvalue weighted by atomic mass is 16.1. The van der Waals surface area contributed by atoms with Crippen molar-refractivity contribution in [2.75, 3.05) is 0 Å². The molecule has 1 amide bonds. The number of hydrogen-bond acceptors (Lipinski definition) is 2. The molecule has 1 aromatic rings. The van der Waals surface area contributed by atoms with E-state index in [9.17, 15) is 9.59 Å². The number of aryl methyl sites for hydroxylation is 1. The van der Waals surface area contributed by atoms with Gasteiger partial charge >= 0.3 is 0 Å². The lowest BCUT2D eigenvalue weighted by Crippen LogP contribution is -2.43. The standard InChI is InChI=1S/C12H15NO2/c1-12(9-14,13-10-15)8-7-11-5-3-2-4-6-11/h2-6,9-10H,7-8H2,1H3,(H,13,15)/t12-/m0/s1. The maximum atomic E-state index is 10.8. The Kier molecular flexibility index (Phi) is 4.03. The molecule has 0 aliphatic carbocycles. The number of aldehydes is 1. The van der Waals surface area contributed by atoms with Gasteiger partial charge in [-0.1, -0.05) is 30.3 Å². The molecule has 15 heavy (non-hydrogen) atoms. The maximum Gasteiger partial charge on any atom is 0.207 e. The van der Waals surface area contributed by atoms with Gasteiger partial charge < -0.3 is 10.1 Å². The largest absolute Gasteiger partial charge is 0.347 e. The summed E-state index contributed by atoms with van der Waals surface area (Å²) in [5.74, 6) is 0. The second kappa shape index (κ2) is 5.29. The molecule has 1 N–H and O–H groups in total. The minimum absolute atomic E-state index is 0.569. The van der Waals surface area contributed by atoms with Crippen molar-refractivity contribution in [1.29, 1.82) is 0 Å². The Morgan fingerprint density at radius 3 is 2.47 bits per heavy atom. The molecule has 0 bridgehead atoms. The van der Waals surface area contributed by atoms with E-state index >= 15 is 0 Å². The summed E-state index contributed by atoms with van der Waals surface area (Å²) in [6.07, 6.45) is 2.74. The predicted molar refractivity (Wildman–Crippen MR) is 58.4 cm³/mol. The molecule has 1 aromatic carbocycles. The molecule has 0 unspecified atom stereocenters. The summed E-state index contributed by atoms with van der Waals surface area (Å²) in [6, 6.07) is 9.88. The fraction of sp³-hybridized carbons (Fsp3) is 0.333. The number of rotatable bonds is 6. The van der Waals surface area contributed by atoms with E-state index in [0.717, 1.165) is 12.7 Å². The zero-order valence-corrected chi connectivity index (χ0v) is 8.77.